The number of benzene rings is 2. The predicted octanol–water partition coefficient (Wildman–Crippen LogP) is 5.41. The second kappa shape index (κ2) is 10.5. The Balaban J connectivity index is 1.13. The third kappa shape index (κ3) is 3.74. The Morgan fingerprint density at radius 3 is 1.42 bits per heavy atom. The first-order chi connectivity index (χ1) is 24.8. The van der Waals surface area contributed by atoms with E-state index in [-0.39, 0.29) is 35.0 Å². The number of carbonyl (C=O) groups excluding carboxylic acids is 4. The van der Waals surface area contributed by atoms with Crippen LogP contribution in [-0.4, -0.2) is 67.6 Å². The molecule has 4 aliphatic heterocycles. The molecule has 4 amide bonds. The highest BCUT2D eigenvalue weighted by atomic mass is 16.2. The van der Waals surface area contributed by atoms with E-state index < -0.39 is 33.7 Å². The van der Waals surface area contributed by atoms with Gasteiger partial charge < -0.3 is 30.4 Å². The molecule has 4 aromatic rings. The summed E-state index contributed by atoms with van der Waals surface area (Å²) in [6.45, 7) is 16.9. The van der Waals surface area contributed by atoms with Crippen LogP contribution in [0.1, 0.15) is 63.1 Å². The number of para-hydroxylation sites is 2. The van der Waals surface area contributed by atoms with Crippen molar-refractivity contribution in [3.05, 3.63) is 108 Å². The molecule has 4 N–H and O–H groups in total. The molecular formula is C42H42N6O4. The molecule has 9 rings (SSSR count). The number of hydrogen-bond donors (Lipinski definition) is 4. The molecule has 1 aliphatic carbocycles. The van der Waals surface area contributed by atoms with Crippen molar-refractivity contribution in [2.24, 2.45) is 11.8 Å². The molecule has 2 aromatic heterocycles. The molecule has 4 atom stereocenters. The van der Waals surface area contributed by atoms with E-state index in [2.05, 4.69) is 33.8 Å². The molecule has 52 heavy (non-hydrogen) atoms. The monoisotopic (exact) mass is 694 g/mol. The maximum absolute atomic E-state index is 14.7. The van der Waals surface area contributed by atoms with Crippen LogP contribution < -0.4 is 10.6 Å². The molecule has 6 heterocycles. The number of hydrogen-bond acceptors (Lipinski definition) is 4. The highest BCUT2D eigenvalue weighted by Gasteiger charge is 2.88. The molecule has 10 heteroatoms. The van der Waals surface area contributed by atoms with Crippen LogP contribution in [0.25, 0.3) is 34.0 Å². The minimum atomic E-state index is -1.51. The number of amides is 4. The summed E-state index contributed by atoms with van der Waals surface area (Å²) in [5.74, 6) is -2.05. The van der Waals surface area contributed by atoms with Gasteiger partial charge in [-0.2, -0.15) is 0 Å². The van der Waals surface area contributed by atoms with Gasteiger partial charge in [-0.1, -0.05) is 76.2 Å². The predicted molar refractivity (Wildman–Crippen MR) is 200 cm³/mol. The quantitative estimate of drug-likeness (QED) is 0.159. The van der Waals surface area contributed by atoms with Crippen molar-refractivity contribution in [2.75, 3.05) is 13.1 Å². The number of aromatic amines is 2. The van der Waals surface area contributed by atoms with E-state index in [1.807, 2.05) is 88.4 Å². The van der Waals surface area contributed by atoms with Crippen molar-refractivity contribution >= 4 is 57.6 Å². The summed E-state index contributed by atoms with van der Waals surface area (Å²) in [5.41, 5.74) is 1.49. The Morgan fingerprint density at radius 1 is 0.654 bits per heavy atom. The highest BCUT2D eigenvalue weighted by Crippen LogP contribution is 2.68. The van der Waals surface area contributed by atoms with Crippen LogP contribution in [0.4, 0.5) is 0 Å². The zero-order chi connectivity index (χ0) is 36.5. The van der Waals surface area contributed by atoms with Crippen LogP contribution in [0.3, 0.4) is 0 Å². The topological polar surface area (TPSA) is 130 Å². The number of piperazine rings is 2. The average Bonchev–Trinajstić information content (AvgIpc) is 3.88. The molecule has 1 saturated carbocycles. The summed E-state index contributed by atoms with van der Waals surface area (Å²) < 4.78 is 0. The zero-order valence-corrected chi connectivity index (χ0v) is 29.9. The van der Waals surface area contributed by atoms with Crippen molar-refractivity contribution < 1.29 is 19.2 Å². The van der Waals surface area contributed by atoms with Gasteiger partial charge in [-0.15, -0.1) is 13.2 Å². The van der Waals surface area contributed by atoms with E-state index in [1.54, 1.807) is 22.0 Å². The van der Waals surface area contributed by atoms with Gasteiger partial charge in [-0.3, -0.25) is 19.2 Å². The van der Waals surface area contributed by atoms with Gasteiger partial charge in [0.1, 0.15) is 11.4 Å². The van der Waals surface area contributed by atoms with Crippen LogP contribution in [0.5, 0.6) is 0 Å². The summed E-state index contributed by atoms with van der Waals surface area (Å²) in [4.78, 5) is 68.9. The lowest BCUT2D eigenvalue weighted by molar-refractivity contribution is -0.203. The van der Waals surface area contributed by atoms with Gasteiger partial charge in [0.2, 0.25) is 0 Å². The first kappa shape index (κ1) is 32.3. The molecule has 264 valence electrons. The summed E-state index contributed by atoms with van der Waals surface area (Å²) in [5, 5.41) is 7.79. The number of nitrogens with one attached hydrogen (secondary N) is 4. The number of aromatic nitrogens is 2. The van der Waals surface area contributed by atoms with Gasteiger partial charge in [0.05, 0.1) is 0 Å². The fraction of sp³-hybridized carbons (Fsp3) is 0.333. The number of fused-ring (bicyclic) bond motifs is 3. The van der Waals surface area contributed by atoms with Crippen molar-refractivity contribution in [3.8, 4) is 0 Å². The highest BCUT2D eigenvalue weighted by molar-refractivity contribution is 6.19. The van der Waals surface area contributed by atoms with Gasteiger partial charge in [0, 0.05) is 80.1 Å². The van der Waals surface area contributed by atoms with E-state index in [1.165, 1.54) is 0 Å². The number of nitrogens with zero attached hydrogens (tertiary/aromatic N) is 2. The SMILES string of the molecule is C=CC(C)(C)c1[nH]c2ccccc2c1/C=C1\NC(=O)[C@@]23[C@@H](CCN2C1=O)[C@@H]1CCN2C(=O)/C(=C/c4c(C(C)(C)C=C)[nH]c5ccccc45)NC(=O)[C@@]123. The van der Waals surface area contributed by atoms with Crippen LogP contribution in [0.2, 0.25) is 0 Å². The lowest BCUT2D eigenvalue weighted by atomic mass is 9.45. The third-order valence-electron chi connectivity index (χ3n) is 12.8. The molecule has 10 nitrogen and oxygen atoms in total. The third-order valence-corrected chi connectivity index (χ3v) is 12.8. The van der Waals surface area contributed by atoms with Crippen molar-refractivity contribution in [1.29, 1.82) is 0 Å². The molecule has 2 spiro atoms. The fourth-order valence-electron chi connectivity index (χ4n) is 10.2. The Bertz CT molecular complexity index is 2220. The lowest BCUT2D eigenvalue weighted by Gasteiger charge is -2.67. The summed E-state index contributed by atoms with van der Waals surface area (Å²) in [7, 11) is 0. The van der Waals surface area contributed by atoms with E-state index in [4.69, 9.17) is 0 Å². The van der Waals surface area contributed by atoms with Gasteiger partial charge in [0.25, 0.3) is 23.6 Å². The van der Waals surface area contributed by atoms with Crippen LogP contribution in [-0.2, 0) is 30.0 Å². The van der Waals surface area contributed by atoms with Crippen LogP contribution in [0.15, 0.2) is 85.2 Å². The Hall–Kier alpha value is -5.64. The second-order valence-electron chi connectivity index (χ2n) is 16.0. The Kier molecular flexibility index (Phi) is 6.50. The first-order valence-corrected chi connectivity index (χ1v) is 18.0. The summed E-state index contributed by atoms with van der Waals surface area (Å²) in [6, 6.07) is 15.7. The number of allylic oxidation sites excluding steroid dienone is 2. The van der Waals surface area contributed by atoms with Crippen molar-refractivity contribution in [2.45, 2.75) is 62.4 Å². The maximum Gasteiger partial charge on any atom is 0.271 e. The van der Waals surface area contributed by atoms with Crippen LogP contribution in [0, 0.1) is 11.8 Å². The van der Waals surface area contributed by atoms with Gasteiger partial charge in [-0.25, -0.2) is 0 Å². The maximum atomic E-state index is 14.7. The molecule has 0 unspecified atom stereocenters. The van der Waals surface area contributed by atoms with Crippen molar-refractivity contribution in [3.63, 3.8) is 0 Å². The van der Waals surface area contributed by atoms with Crippen molar-refractivity contribution in [1.82, 2.24) is 30.4 Å². The lowest BCUT2D eigenvalue weighted by Crippen LogP contribution is -2.92. The second-order valence-corrected chi connectivity index (χ2v) is 16.0. The summed E-state index contributed by atoms with van der Waals surface area (Å²) >= 11 is 0. The van der Waals surface area contributed by atoms with Crippen LogP contribution >= 0.6 is 0 Å². The van der Waals surface area contributed by atoms with E-state index >= 15 is 0 Å². The normalized spacial score (nSPS) is 28.5. The smallest absolute Gasteiger partial charge is 0.271 e. The molecule has 4 saturated heterocycles. The molecule has 0 radical (unpaired) electrons. The van der Waals surface area contributed by atoms with Gasteiger partial charge >= 0.3 is 0 Å². The number of carbonyl (C=O) groups is 4. The fourth-order valence-corrected chi connectivity index (χ4v) is 10.2. The van der Waals surface area contributed by atoms with E-state index in [9.17, 15) is 19.2 Å². The standard InChI is InChI=1S/C42H42N6O4/c1-7-39(3,4)33-25(23-13-9-11-15-29(23)43-33)21-31-35(49)47-19-17-27-28-18-20-48-36(50)32(46-38(52)42(28,48)41(27,47)37(51)45-31)22-26-24-14-10-12-16-30(24)44-34(26)40(5,6)8-2/h7-16,21-22,27-28,43-44H,1-2,17-20H2,3-6H3,(H,45,51)(H,46,52)/b31-21-,32-22-/t27-,28-,41+,42+/m0/s1. The number of H-pyrrole nitrogens is 2. The molecule has 5 aliphatic rings. The minimum absolute atomic E-state index is 0.145. The molecular weight excluding hydrogens is 652 g/mol. The molecule has 0 bridgehead atoms. The number of rotatable bonds is 6. The zero-order valence-electron chi connectivity index (χ0n) is 29.9. The van der Waals surface area contributed by atoms with E-state index in [0.29, 0.717) is 25.9 Å². The summed E-state index contributed by atoms with van der Waals surface area (Å²) in [6.07, 6.45) is 8.35. The largest absolute Gasteiger partial charge is 0.357 e. The molecule has 2 aromatic carbocycles. The first-order valence-electron chi connectivity index (χ1n) is 18.0. The van der Waals surface area contributed by atoms with Gasteiger partial charge in [-0.05, 0) is 37.1 Å². The van der Waals surface area contributed by atoms with Gasteiger partial charge in [0.15, 0.2) is 11.1 Å². The average molecular weight is 695 g/mol. The Labute approximate surface area is 301 Å². The minimum Gasteiger partial charge on any atom is -0.357 e. The molecule has 5 fully saturated rings. The van der Waals surface area contributed by atoms with E-state index in [0.717, 1.165) is 44.3 Å². The Morgan fingerprint density at radius 2 is 1.04 bits per heavy atom.